The summed E-state index contributed by atoms with van der Waals surface area (Å²) >= 11 is 0. The first-order valence-corrected chi connectivity index (χ1v) is 17.9. The molecule has 310 valence electrons. The van der Waals surface area contributed by atoms with E-state index in [2.05, 4.69) is 10.2 Å². The number of halogens is 3. The number of ether oxygens (including phenoxy) is 4. The van der Waals surface area contributed by atoms with Gasteiger partial charge in [-0.15, -0.1) is 0 Å². The van der Waals surface area contributed by atoms with Crippen molar-refractivity contribution in [2.45, 2.75) is 82.4 Å². The van der Waals surface area contributed by atoms with Gasteiger partial charge in [0.2, 0.25) is 5.91 Å². The van der Waals surface area contributed by atoms with Gasteiger partial charge in [-0.2, -0.15) is 13.2 Å². The van der Waals surface area contributed by atoms with E-state index in [1.54, 1.807) is 6.08 Å². The second kappa shape index (κ2) is 22.9. The Labute approximate surface area is 321 Å². The molecule has 0 heterocycles. The summed E-state index contributed by atoms with van der Waals surface area (Å²) in [6.07, 6.45) is 1.65. The van der Waals surface area contributed by atoms with Gasteiger partial charge >= 0.3 is 18.1 Å². The Morgan fingerprint density at radius 2 is 1.75 bits per heavy atom. The summed E-state index contributed by atoms with van der Waals surface area (Å²) < 4.78 is 59.9. The van der Waals surface area contributed by atoms with E-state index in [-0.39, 0.29) is 67.3 Å². The van der Waals surface area contributed by atoms with Crippen molar-refractivity contribution in [2.75, 3.05) is 26.9 Å². The molecule has 0 aromatic heterocycles. The van der Waals surface area contributed by atoms with Gasteiger partial charge in [0, 0.05) is 18.8 Å². The van der Waals surface area contributed by atoms with Crippen molar-refractivity contribution in [1.82, 2.24) is 10.7 Å². The Morgan fingerprint density at radius 1 is 1.00 bits per heavy atom. The van der Waals surface area contributed by atoms with Crippen molar-refractivity contribution in [3.63, 3.8) is 0 Å². The highest BCUT2D eigenvalue weighted by Crippen LogP contribution is 2.36. The van der Waals surface area contributed by atoms with Gasteiger partial charge in [-0.25, -0.2) is 9.59 Å². The third-order valence-electron chi connectivity index (χ3n) is 8.72. The summed E-state index contributed by atoms with van der Waals surface area (Å²) in [5.74, 6) is -2.62. The van der Waals surface area contributed by atoms with E-state index in [1.165, 1.54) is 50.4 Å². The molecule has 2 aromatic rings. The Kier molecular flexibility index (Phi) is 18.7. The van der Waals surface area contributed by atoms with Crippen LogP contribution in [0.15, 0.2) is 66.8 Å². The number of hydrogen-bond acceptors (Lipinski definition) is 14. The fraction of sp³-hybridized carbons (Fsp3) is 0.500. The van der Waals surface area contributed by atoms with E-state index < -0.39 is 59.3 Å². The zero-order valence-electron chi connectivity index (χ0n) is 31.0. The van der Waals surface area contributed by atoms with E-state index in [1.807, 2.05) is 12.2 Å². The third kappa shape index (κ3) is 15.5. The highest BCUT2D eigenvalue weighted by Gasteiger charge is 2.39. The number of rotatable bonds is 22. The molecule has 18 heteroatoms. The minimum absolute atomic E-state index is 0.00621. The first kappa shape index (κ1) is 45.8. The number of aliphatic hydroxyl groups excluding tert-OH is 3. The normalized spacial score (nSPS) is 19.6. The zero-order valence-corrected chi connectivity index (χ0v) is 31.0. The predicted molar refractivity (Wildman–Crippen MR) is 190 cm³/mol. The molecule has 0 bridgehead atoms. The Morgan fingerprint density at radius 3 is 2.46 bits per heavy atom. The Hall–Kier alpha value is -4.56. The standard InChI is InChI=1S/C38H49F3N2O13/c1-24(36(48)56-33-17-14-25(20-34(33)52-2)37(49)53-18-7-8-19-55-43(50)51)42-35(47)13-6-4-3-5-12-29-30(32(46)22-31(29)45)16-15-27(44)23-54-28-11-9-10-26(21-28)38(39,40)41/h3,5,9-11,14-17,20-21,24,27,29-32,44-46,50-51H,4,6-8,12-13,18-19,22-23H2,1-2H3,(H,42,47)/b5-3-,16-15+/t24?,27-,29-,30-,31+,32-/m1/s1. The number of alkyl halides is 3. The maximum atomic E-state index is 12.9. The molecule has 0 radical (unpaired) electrons. The molecule has 56 heavy (non-hydrogen) atoms. The van der Waals surface area contributed by atoms with Crippen molar-refractivity contribution in [2.24, 2.45) is 11.8 Å². The number of esters is 2. The average Bonchev–Trinajstić information content (AvgIpc) is 3.42. The highest BCUT2D eigenvalue weighted by atomic mass is 19.4. The lowest BCUT2D eigenvalue weighted by Gasteiger charge is -2.19. The summed E-state index contributed by atoms with van der Waals surface area (Å²) in [6.45, 7) is 1.19. The predicted octanol–water partition coefficient (Wildman–Crippen LogP) is 4.54. The fourth-order valence-corrected chi connectivity index (χ4v) is 5.76. The molecule has 1 saturated carbocycles. The van der Waals surface area contributed by atoms with Gasteiger partial charge in [-0.05, 0) is 81.3 Å². The molecule has 1 unspecified atom stereocenters. The van der Waals surface area contributed by atoms with Gasteiger partial charge in [-0.1, -0.05) is 30.4 Å². The summed E-state index contributed by atoms with van der Waals surface area (Å²) in [6, 6.07) is 7.36. The maximum absolute atomic E-state index is 12.9. The summed E-state index contributed by atoms with van der Waals surface area (Å²) in [4.78, 5) is 42.0. The molecule has 2 aromatic carbocycles. The van der Waals surface area contributed by atoms with Crippen LogP contribution in [-0.2, 0) is 25.3 Å². The van der Waals surface area contributed by atoms with E-state index in [4.69, 9.17) is 29.4 Å². The average molecular weight is 799 g/mol. The number of carbonyl (C=O) groups excluding carboxylic acids is 3. The number of unbranched alkanes of at least 4 members (excludes halogenated alkanes) is 2. The summed E-state index contributed by atoms with van der Waals surface area (Å²) in [5.41, 5.74) is -0.738. The first-order valence-electron chi connectivity index (χ1n) is 17.9. The molecule has 0 spiro atoms. The molecule has 6 atom stereocenters. The molecule has 1 fully saturated rings. The number of amides is 1. The fourth-order valence-electron chi connectivity index (χ4n) is 5.76. The molecule has 15 nitrogen and oxygen atoms in total. The molecular formula is C38H49F3N2O13. The van der Waals surface area contributed by atoms with Crippen LogP contribution in [0.5, 0.6) is 17.2 Å². The number of benzene rings is 2. The molecule has 0 aliphatic heterocycles. The summed E-state index contributed by atoms with van der Waals surface area (Å²) in [5, 5.41) is 50.5. The number of methoxy groups -OCH3 is 1. The quantitative estimate of drug-likeness (QED) is 0.0317. The Balaban J connectivity index is 1.38. The smallest absolute Gasteiger partial charge is 0.416 e. The molecule has 1 aliphatic rings. The van der Waals surface area contributed by atoms with E-state index in [0.717, 1.165) is 12.1 Å². The SMILES string of the molecule is COc1cc(C(=O)OCCCCON(O)O)ccc1OC(=O)C(C)NC(=O)CCC/C=C\C[C@@H]1[C@@H](/C=C/[C@@H](O)COc2cccc(C(F)(F)F)c2)[C@H](O)C[C@@H]1O. The lowest BCUT2D eigenvalue weighted by atomic mass is 9.89. The largest absolute Gasteiger partial charge is 0.493 e. The monoisotopic (exact) mass is 798 g/mol. The number of carbonyl (C=O) groups is 3. The molecule has 0 saturated heterocycles. The van der Waals surface area contributed by atoms with Crippen LogP contribution < -0.4 is 19.5 Å². The number of nitrogens with zero attached hydrogens (tertiary/aromatic N) is 1. The van der Waals surface area contributed by atoms with Crippen LogP contribution in [0.25, 0.3) is 0 Å². The third-order valence-corrected chi connectivity index (χ3v) is 8.72. The molecule has 6 N–H and O–H groups in total. The van der Waals surface area contributed by atoms with Crippen molar-refractivity contribution >= 4 is 17.8 Å². The lowest BCUT2D eigenvalue weighted by molar-refractivity contribution is -0.492. The van der Waals surface area contributed by atoms with Crippen molar-refractivity contribution in [3.8, 4) is 17.2 Å². The minimum Gasteiger partial charge on any atom is -0.493 e. The van der Waals surface area contributed by atoms with E-state index in [9.17, 15) is 42.9 Å². The second-order valence-electron chi connectivity index (χ2n) is 13.0. The number of nitrogens with one attached hydrogen (secondary N) is 1. The van der Waals surface area contributed by atoms with Gasteiger partial charge in [0.15, 0.2) is 11.5 Å². The Bertz CT molecular complexity index is 1620. The van der Waals surface area contributed by atoms with Crippen LogP contribution in [0.4, 0.5) is 13.2 Å². The van der Waals surface area contributed by atoms with Crippen LogP contribution in [0.3, 0.4) is 0 Å². The van der Waals surface area contributed by atoms with E-state index in [0.29, 0.717) is 32.1 Å². The van der Waals surface area contributed by atoms with Crippen LogP contribution in [0, 0.1) is 11.8 Å². The van der Waals surface area contributed by atoms with Crippen LogP contribution in [-0.4, -0.2) is 100 Å². The highest BCUT2D eigenvalue weighted by molar-refractivity contribution is 5.90. The number of hydrogen-bond donors (Lipinski definition) is 6. The summed E-state index contributed by atoms with van der Waals surface area (Å²) in [7, 11) is 1.32. The molecular weight excluding hydrogens is 749 g/mol. The van der Waals surface area contributed by atoms with Gasteiger partial charge in [0.25, 0.3) is 0 Å². The van der Waals surface area contributed by atoms with Crippen LogP contribution in [0.2, 0.25) is 0 Å². The molecule has 1 amide bonds. The maximum Gasteiger partial charge on any atom is 0.416 e. The van der Waals surface area contributed by atoms with Gasteiger partial charge in [0.05, 0.1) is 49.0 Å². The topological polar surface area (TPSA) is 214 Å². The number of aliphatic hydroxyl groups is 3. The van der Waals surface area contributed by atoms with Gasteiger partial charge in [-0.3, -0.25) is 20.0 Å². The molecule has 3 rings (SSSR count). The van der Waals surface area contributed by atoms with Crippen molar-refractivity contribution in [1.29, 1.82) is 0 Å². The lowest BCUT2D eigenvalue weighted by Crippen LogP contribution is -2.40. The van der Waals surface area contributed by atoms with Crippen molar-refractivity contribution in [3.05, 3.63) is 77.9 Å². The molecule has 1 aliphatic carbocycles. The van der Waals surface area contributed by atoms with Gasteiger partial charge < -0.3 is 39.6 Å². The van der Waals surface area contributed by atoms with Crippen LogP contribution >= 0.6 is 0 Å². The minimum atomic E-state index is -4.53. The second-order valence-corrected chi connectivity index (χ2v) is 13.0. The van der Waals surface area contributed by atoms with Crippen LogP contribution in [0.1, 0.15) is 67.8 Å². The van der Waals surface area contributed by atoms with E-state index >= 15 is 0 Å². The number of allylic oxidation sites excluding steroid dienone is 2. The zero-order chi connectivity index (χ0) is 41.3. The van der Waals surface area contributed by atoms with Crippen molar-refractivity contribution < 1.29 is 77.1 Å². The first-order chi connectivity index (χ1) is 26.6. The van der Waals surface area contributed by atoms with Gasteiger partial charge in [0.1, 0.15) is 24.5 Å².